The molecule has 1 atom stereocenters. The van der Waals surface area contributed by atoms with Gasteiger partial charge in [0.25, 0.3) is 0 Å². The van der Waals surface area contributed by atoms with Crippen molar-refractivity contribution in [1.82, 2.24) is 0 Å². The Labute approximate surface area is 47.9 Å². The number of rotatable bonds is 2. The van der Waals surface area contributed by atoms with E-state index in [4.69, 9.17) is 0 Å². The first-order chi connectivity index (χ1) is 3.41. The van der Waals surface area contributed by atoms with Gasteiger partial charge in [-0.15, -0.1) is 21.1 Å². The summed E-state index contributed by atoms with van der Waals surface area (Å²) >= 11 is 0. The molecule has 40 valence electrons. The van der Waals surface area contributed by atoms with Gasteiger partial charge in [0.05, 0.1) is 0 Å². The molecule has 0 saturated heterocycles. The van der Waals surface area contributed by atoms with Crippen LogP contribution < -0.4 is 0 Å². The highest BCUT2D eigenvalue weighted by molar-refractivity contribution is 7.16. The topological polar surface area (TPSA) is 0 Å². The van der Waals surface area contributed by atoms with Crippen molar-refractivity contribution >= 4 is 9.24 Å². The van der Waals surface area contributed by atoms with Crippen LogP contribution in [0.5, 0.6) is 0 Å². The standard InChI is InChI=1S/C6H11P/c1-2-3-4-5-6-7/h4-7H2,1H3. The van der Waals surface area contributed by atoms with Gasteiger partial charge in [0.1, 0.15) is 0 Å². The maximum atomic E-state index is 2.99. The molecule has 7 heavy (non-hydrogen) atoms. The molecule has 0 aromatic heterocycles. The van der Waals surface area contributed by atoms with Crippen LogP contribution in [0.15, 0.2) is 0 Å². The fourth-order valence-electron chi connectivity index (χ4n) is 0.315. The first-order valence-corrected chi connectivity index (χ1v) is 3.33. The SMILES string of the molecule is CC#CCCCP. The van der Waals surface area contributed by atoms with E-state index in [1.165, 1.54) is 12.6 Å². The first kappa shape index (κ1) is 6.99. The summed E-state index contributed by atoms with van der Waals surface area (Å²) < 4.78 is 0. The molecule has 1 unspecified atom stereocenters. The van der Waals surface area contributed by atoms with E-state index in [-0.39, 0.29) is 0 Å². The lowest BCUT2D eigenvalue weighted by atomic mass is 10.3. The Balaban J connectivity index is 2.78. The molecule has 0 aliphatic heterocycles. The normalized spacial score (nSPS) is 7.14. The minimum absolute atomic E-state index is 1.06. The van der Waals surface area contributed by atoms with Gasteiger partial charge in [-0.2, -0.15) is 0 Å². The Kier molecular flexibility index (Phi) is 5.98. The van der Waals surface area contributed by atoms with Gasteiger partial charge in [0.15, 0.2) is 0 Å². The van der Waals surface area contributed by atoms with E-state index >= 15 is 0 Å². The molecular formula is C6H11P. The molecule has 0 aliphatic carbocycles. The summed E-state index contributed by atoms with van der Waals surface area (Å²) in [4.78, 5) is 0. The lowest BCUT2D eigenvalue weighted by molar-refractivity contribution is 0.998. The van der Waals surface area contributed by atoms with Gasteiger partial charge in [-0.05, 0) is 19.5 Å². The van der Waals surface area contributed by atoms with Crippen LogP contribution in [0.4, 0.5) is 0 Å². The summed E-state index contributed by atoms with van der Waals surface area (Å²) in [6.07, 6.45) is 3.44. The molecule has 0 aromatic carbocycles. The molecular weight excluding hydrogens is 103 g/mol. The van der Waals surface area contributed by atoms with Crippen molar-refractivity contribution in [1.29, 1.82) is 0 Å². The summed E-state index contributed by atoms with van der Waals surface area (Å²) in [6.45, 7) is 1.88. The van der Waals surface area contributed by atoms with Crippen LogP contribution in [0, 0.1) is 11.8 Å². The average molecular weight is 114 g/mol. The summed E-state index contributed by atoms with van der Waals surface area (Å²) in [5.74, 6) is 5.83. The van der Waals surface area contributed by atoms with E-state index in [1.54, 1.807) is 0 Å². The van der Waals surface area contributed by atoms with Crippen molar-refractivity contribution < 1.29 is 0 Å². The van der Waals surface area contributed by atoms with Crippen LogP contribution in [0.25, 0.3) is 0 Å². The van der Waals surface area contributed by atoms with Crippen molar-refractivity contribution in [2.75, 3.05) is 6.16 Å². The Bertz CT molecular complexity index is 75.9. The van der Waals surface area contributed by atoms with E-state index in [0.29, 0.717) is 0 Å². The van der Waals surface area contributed by atoms with Gasteiger partial charge in [0.2, 0.25) is 0 Å². The van der Waals surface area contributed by atoms with Crippen LogP contribution in [-0.2, 0) is 0 Å². The zero-order valence-corrected chi connectivity index (χ0v) is 5.85. The van der Waals surface area contributed by atoms with Gasteiger partial charge >= 0.3 is 0 Å². The molecule has 0 aromatic rings. The Hall–Kier alpha value is -0.0100. The van der Waals surface area contributed by atoms with E-state index in [0.717, 1.165) is 6.42 Å². The monoisotopic (exact) mass is 114 g/mol. The lowest BCUT2D eigenvalue weighted by Gasteiger charge is -1.80. The summed E-state index contributed by atoms with van der Waals surface area (Å²) in [6, 6.07) is 0. The van der Waals surface area contributed by atoms with E-state index in [1.807, 2.05) is 6.92 Å². The Morgan fingerprint density at radius 2 is 2.29 bits per heavy atom. The fraction of sp³-hybridized carbons (Fsp3) is 0.667. The molecule has 0 spiro atoms. The van der Waals surface area contributed by atoms with Gasteiger partial charge in [-0.3, -0.25) is 0 Å². The minimum Gasteiger partial charge on any atom is -0.138 e. The smallest absolute Gasteiger partial charge is 0.00917 e. The third-order valence-corrected chi connectivity index (χ3v) is 1.09. The summed E-state index contributed by atoms with van der Waals surface area (Å²) in [5, 5.41) is 0. The molecule has 0 fully saturated rings. The van der Waals surface area contributed by atoms with Crippen LogP contribution in [0.2, 0.25) is 0 Å². The van der Waals surface area contributed by atoms with Crippen LogP contribution in [0.3, 0.4) is 0 Å². The Morgan fingerprint density at radius 1 is 1.57 bits per heavy atom. The predicted molar refractivity (Wildman–Crippen MR) is 37.3 cm³/mol. The van der Waals surface area contributed by atoms with Crippen LogP contribution in [0.1, 0.15) is 19.8 Å². The molecule has 0 aliphatic rings. The average Bonchev–Trinajstić information content (AvgIpc) is 1.69. The third kappa shape index (κ3) is 5.99. The second-order valence-corrected chi connectivity index (χ2v) is 1.90. The summed E-state index contributed by atoms with van der Waals surface area (Å²) in [5.41, 5.74) is 0. The maximum Gasteiger partial charge on any atom is 0.00917 e. The number of hydrogen-bond acceptors (Lipinski definition) is 0. The highest BCUT2D eigenvalue weighted by atomic mass is 31.0. The second-order valence-electron chi connectivity index (χ2n) is 1.32. The molecule has 1 heteroatoms. The number of unbranched alkanes of at least 4 members (excludes halogenated alkanes) is 1. The van der Waals surface area contributed by atoms with Crippen LogP contribution >= 0.6 is 9.24 Å². The molecule has 0 rings (SSSR count). The lowest BCUT2D eigenvalue weighted by Crippen LogP contribution is -1.68. The van der Waals surface area contributed by atoms with Crippen molar-refractivity contribution in [3.63, 3.8) is 0 Å². The molecule has 0 bridgehead atoms. The van der Waals surface area contributed by atoms with Gasteiger partial charge < -0.3 is 0 Å². The predicted octanol–water partition coefficient (Wildman–Crippen LogP) is 1.67. The fourth-order valence-corrected chi connectivity index (χ4v) is 0.520. The first-order valence-electron chi connectivity index (χ1n) is 2.51. The molecule has 0 amide bonds. The maximum absolute atomic E-state index is 2.99. The molecule has 0 N–H and O–H groups in total. The van der Waals surface area contributed by atoms with Gasteiger partial charge in [-0.25, -0.2) is 0 Å². The second kappa shape index (κ2) is 5.99. The molecule has 0 saturated carbocycles. The van der Waals surface area contributed by atoms with Crippen LogP contribution in [-0.4, -0.2) is 6.16 Å². The van der Waals surface area contributed by atoms with E-state index < -0.39 is 0 Å². The third-order valence-electron chi connectivity index (χ3n) is 0.683. The Morgan fingerprint density at radius 3 is 2.71 bits per heavy atom. The van der Waals surface area contributed by atoms with E-state index in [9.17, 15) is 0 Å². The minimum atomic E-state index is 1.06. The van der Waals surface area contributed by atoms with Crippen molar-refractivity contribution in [3.8, 4) is 11.8 Å². The largest absolute Gasteiger partial charge is 0.138 e. The van der Waals surface area contributed by atoms with Crippen molar-refractivity contribution in [3.05, 3.63) is 0 Å². The highest BCUT2D eigenvalue weighted by Gasteiger charge is 1.72. The van der Waals surface area contributed by atoms with Gasteiger partial charge in [-0.1, -0.05) is 0 Å². The van der Waals surface area contributed by atoms with Crippen molar-refractivity contribution in [2.24, 2.45) is 0 Å². The molecule has 0 heterocycles. The highest BCUT2D eigenvalue weighted by Crippen LogP contribution is 1.90. The molecule has 0 nitrogen and oxygen atoms in total. The molecule has 0 radical (unpaired) electrons. The van der Waals surface area contributed by atoms with E-state index in [2.05, 4.69) is 21.1 Å². The zero-order valence-electron chi connectivity index (χ0n) is 4.70. The quantitative estimate of drug-likeness (QED) is 0.291. The summed E-state index contributed by atoms with van der Waals surface area (Å²) in [7, 11) is 2.68. The van der Waals surface area contributed by atoms with Gasteiger partial charge in [0, 0.05) is 6.42 Å². The number of hydrogen-bond donors (Lipinski definition) is 0. The zero-order chi connectivity index (χ0) is 5.54. The van der Waals surface area contributed by atoms with Crippen molar-refractivity contribution in [2.45, 2.75) is 19.8 Å².